The van der Waals surface area contributed by atoms with Gasteiger partial charge in [0.1, 0.15) is 0 Å². The Hall–Kier alpha value is -1.22. The maximum Gasteiger partial charge on any atom is 0.253 e. The molecule has 1 aromatic rings. The van der Waals surface area contributed by atoms with Crippen LogP contribution in [-0.4, -0.2) is 19.0 Å². The second-order valence-corrected chi connectivity index (χ2v) is 6.09. The fourth-order valence-corrected chi connectivity index (χ4v) is 2.49. The maximum absolute atomic E-state index is 12.4. The molecule has 1 saturated carbocycles. The van der Waals surface area contributed by atoms with Crippen molar-refractivity contribution in [3.8, 4) is 0 Å². The Bertz CT molecular complexity index is 483. The Labute approximate surface area is 126 Å². The average molecular weight is 295 g/mol. The molecular weight excluding hydrogens is 272 g/mol. The lowest BCUT2D eigenvalue weighted by atomic mass is 10.0. The van der Waals surface area contributed by atoms with Crippen LogP contribution in [0.2, 0.25) is 5.02 Å². The van der Waals surface area contributed by atoms with Crippen LogP contribution in [0.1, 0.15) is 49.9 Å². The molecule has 1 fully saturated rings. The number of benzene rings is 1. The summed E-state index contributed by atoms with van der Waals surface area (Å²) in [6.45, 7) is 5.90. The molecule has 110 valence electrons. The summed E-state index contributed by atoms with van der Waals surface area (Å²) in [6, 6.07) is 5.42. The van der Waals surface area contributed by atoms with E-state index in [4.69, 9.17) is 11.6 Å². The van der Waals surface area contributed by atoms with Gasteiger partial charge in [-0.25, -0.2) is 0 Å². The summed E-state index contributed by atoms with van der Waals surface area (Å²) in [5.74, 6) is -0.0363. The maximum atomic E-state index is 12.4. The topological polar surface area (TPSA) is 41.1 Å². The van der Waals surface area contributed by atoms with Crippen molar-refractivity contribution in [1.29, 1.82) is 0 Å². The molecule has 0 atom stereocenters. The highest BCUT2D eigenvalue weighted by Crippen LogP contribution is 2.47. The summed E-state index contributed by atoms with van der Waals surface area (Å²) in [4.78, 5) is 12.4. The van der Waals surface area contributed by atoms with Crippen LogP contribution in [0.15, 0.2) is 18.2 Å². The molecule has 2 rings (SSSR count). The van der Waals surface area contributed by atoms with Gasteiger partial charge in [-0.05, 0) is 49.3 Å². The van der Waals surface area contributed by atoms with Gasteiger partial charge in [-0.15, -0.1) is 0 Å². The molecule has 3 nitrogen and oxygen atoms in total. The lowest BCUT2D eigenvalue weighted by Gasteiger charge is -2.16. The van der Waals surface area contributed by atoms with Crippen LogP contribution in [0.4, 0.5) is 5.69 Å². The van der Waals surface area contributed by atoms with Crippen LogP contribution >= 0.6 is 11.6 Å². The molecule has 4 heteroatoms. The van der Waals surface area contributed by atoms with E-state index in [1.165, 1.54) is 12.8 Å². The highest BCUT2D eigenvalue weighted by atomic mass is 35.5. The highest BCUT2D eigenvalue weighted by Gasteiger charge is 2.40. The molecule has 20 heavy (non-hydrogen) atoms. The first kappa shape index (κ1) is 15.2. The minimum absolute atomic E-state index is 0.0363. The van der Waals surface area contributed by atoms with Crippen molar-refractivity contribution in [1.82, 2.24) is 5.32 Å². The number of halogens is 1. The predicted octanol–water partition coefficient (Wildman–Crippen LogP) is 4.08. The Morgan fingerprint density at radius 2 is 2.10 bits per heavy atom. The Balaban J connectivity index is 2.05. The SMILES string of the molecule is CCCNc1ccc(Cl)cc1C(=O)NCC1(CC)CC1. The molecule has 0 bridgehead atoms. The zero-order valence-electron chi connectivity index (χ0n) is 12.3. The fourth-order valence-electron chi connectivity index (χ4n) is 2.31. The Morgan fingerprint density at radius 1 is 1.35 bits per heavy atom. The smallest absolute Gasteiger partial charge is 0.253 e. The predicted molar refractivity (Wildman–Crippen MR) is 84.5 cm³/mol. The van der Waals surface area contributed by atoms with Crippen LogP contribution in [0.25, 0.3) is 0 Å². The van der Waals surface area contributed by atoms with Gasteiger partial charge in [0.15, 0.2) is 0 Å². The van der Waals surface area contributed by atoms with Crippen LogP contribution < -0.4 is 10.6 Å². The van der Waals surface area contributed by atoms with E-state index in [1.54, 1.807) is 6.07 Å². The van der Waals surface area contributed by atoms with Crippen molar-refractivity contribution in [3.05, 3.63) is 28.8 Å². The standard InChI is InChI=1S/C16H23ClN2O/c1-3-9-18-14-6-5-12(17)10-13(14)15(20)19-11-16(4-2)7-8-16/h5-6,10,18H,3-4,7-9,11H2,1-2H3,(H,19,20). The largest absolute Gasteiger partial charge is 0.384 e. The Morgan fingerprint density at radius 3 is 2.70 bits per heavy atom. The number of rotatable bonds is 7. The summed E-state index contributed by atoms with van der Waals surface area (Å²) in [5, 5.41) is 6.93. The van der Waals surface area contributed by atoms with Gasteiger partial charge < -0.3 is 10.6 Å². The molecule has 0 radical (unpaired) electrons. The summed E-state index contributed by atoms with van der Waals surface area (Å²) >= 11 is 6.02. The number of hydrogen-bond acceptors (Lipinski definition) is 2. The molecule has 0 saturated heterocycles. The van der Waals surface area contributed by atoms with E-state index < -0.39 is 0 Å². The molecule has 0 aromatic heterocycles. The normalized spacial score (nSPS) is 15.8. The summed E-state index contributed by atoms with van der Waals surface area (Å²) in [7, 11) is 0. The van der Waals surface area contributed by atoms with E-state index in [2.05, 4.69) is 24.5 Å². The van der Waals surface area contributed by atoms with Gasteiger partial charge in [-0.2, -0.15) is 0 Å². The van der Waals surface area contributed by atoms with Crippen molar-refractivity contribution in [3.63, 3.8) is 0 Å². The van der Waals surface area contributed by atoms with E-state index in [9.17, 15) is 4.79 Å². The second-order valence-electron chi connectivity index (χ2n) is 5.65. The summed E-state index contributed by atoms with van der Waals surface area (Å²) in [5.41, 5.74) is 1.85. The number of nitrogens with one attached hydrogen (secondary N) is 2. The number of carbonyl (C=O) groups is 1. The average Bonchev–Trinajstić information content (AvgIpc) is 3.24. The lowest BCUT2D eigenvalue weighted by molar-refractivity contribution is 0.0945. The van der Waals surface area contributed by atoms with E-state index in [0.29, 0.717) is 16.0 Å². The zero-order valence-corrected chi connectivity index (χ0v) is 13.0. The third-order valence-corrected chi connectivity index (χ3v) is 4.36. The van der Waals surface area contributed by atoms with Crippen molar-refractivity contribution in [2.45, 2.75) is 39.5 Å². The van der Waals surface area contributed by atoms with Crippen molar-refractivity contribution in [2.75, 3.05) is 18.4 Å². The van der Waals surface area contributed by atoms with Crippen LogP contribution in [-0.2, 0) is 0 Å². The molecule has 1 aliphatic carbocycles. The van der Waals surface area contributed by atoms with Crippen molar-refractivity contribution in [2.24, 2.45) is 5.41 Å². The first-order valence-electron chi connectivity index (χ1n) is 7.42. The van der Waals surface area contributed by atoms with Crippen LogP contribution in [0, 0.1) is 5.41 Å². The number of carbonyl (C=O) groups excluding carboxylic acids is 1. The molecular formula is C16H23ClN2O. The van der Waals surface area contributed by atoms with Crippen molar-refractivity contribution >= 4 is 23.2 Å². The fraction of sp³-hybridized carbons (Fsp3) is 0.562. The first-order valence-corrected chi connectivity index (χ1v) is 7.79. The van der Waals surface area contributed by atoms with Gasteiger partial charge in [0, 0.05) is 23.8 Å². The first-order chi connectivity index (χ1) is 9.60. The van der Waals surface area contributed by atoms with Crippen LogP contribution in [0.3, 0.4) is 0 Å². The van der Waals surface area contributed by atoms with Crippen LogP contribution in [0.5, 0.6) is 0 Å². The highest BCUT2D eigenvalue weighted by molar-refractivity contribution is 6.31. The van der Waals surface area contributed by atoms with Gasteiger partial charge in [0.2, 0.25) is 0 Å². The monoisotopic (exact) mass is 294 g/mol. The minimum Gasteiger partial charge on any atom is -0.384 e. The molecule has 1 amide bonds. The van der Waals surface area contributed by atoms with Gasteiger partial charge >= 0.3 is 0 Å². The number of hydrogen-bond donors (Lipinski definition) is 2. The van der Waals surface area contributed by atoms with Gasteiger partial charge in [-0.3, -0.25) is 4.79 Å². The molecule has 2 N–H and O–H groups in total. The third kappa shape index (κ3) is 3.66. The summed E-state index contributed by atoms with van der Waals surface area (Å²) in [6.07, 6.45) is 4.59. The molecule has 0 heterocycles. The minimum atomic E-state index is -0.0363. The lowest BCUT2D eigenvalue weighted by Crippen LogP contribution is -2.30. The summed E-state index contributed by atoms with van der Waals surface area (Å²) < 4.78 is 0. The molecule has 0 spiro atoms. The number of amides is 1. The van der Waals surface area contributed by atoms with E-state index >= 15 is 0 Å². The number of anilines is 1. The molecule has 1 aromatic carbocycles. The van der Waals surface area contributed by atoms with E-state index in [-0.39, 0.29) is 5.91 Å². The van der Waals surface area contributed by atoms with Gasteiger partial charge in [-0.1, -0.05) is 25.4 Å². The van der Waals surface area contributed by atoms with E-state index in [1.807, 2.05) is 12.1 Å². The zero-order chi connectivity index (χ0) is 14.6. The molecule has 0 unspecified atom stereocenters. The van der Waals surface area contributed by atoms with Gasteiger partial charge in [0.05, 0.1) is 5.56 Å². The second kappa shape index (κ2) is 6.49. The van der Waals surface area contributed by atoms with Gasteiger partial charge in [0.25, 0.3) is 5.91 Å². The molecule has 0 aliphatic heterocycles. The third-order valence-electron chi connectivity index (χ3n) is 4.12. The quantitative estimate of drug-likeness (QED) is 0.795. The van der Waals surface area contributed by atoms with Crippen molar-refractivity contribution < 1.29 is 4.79 Å². The van der Waals surface area contributed by atoms with E-state index in [0.717, 1.165) is 31.6 Å². The Kier molecular flexibility index (Phi) is 4.92. The molecule has 1 aliphatic rings.